The van der Waals surface area contributed by atoms with Gasteiger partial charge in [0.1, 0.15) is 0 Å². The Balaban J connectivity index is 2.36. The summed E-state index contributed by atoms with van der Waals surface area (Å²) in [5.74, 6) is 0. The van der Waals surface area contributed by atoms with Crippen molar-refractivity contribution >= 4 is 22.6 Å². The fourth-order valence-electron chi connectivity index (χ4n) is 1.92. The summed E-state index contributed by atoms with van der Waals surface area (Å²) in [5.41, 5.74) is 2.67. The molecule has 0 bridgehead atoms. The van der Waals surface area contributed by atoms with Crippen molar-refractivity contribution in [1.82, 2.24) is 14.8 Å². The van der Waals surface area contributed by atoms with Crippen LogP contribution in [0.2, 0.25) is 5.02 Å². The van der Waals surface area contributed by atoms with Gasteiger partial charge in [-0.2, -0.15) is 5.10 Å². The average Bonchev–Trinajstić information content (AvgIpc) is 2.69. The number of benzene rings is 1. The Morgan fingerprint density at radius 2 is 1.88 bits per heavy atom. The quantitative estimate of drug-likeness (QED) is 0.656. The highest BCUT2D eigenvalue weighted by molar-refractivity contribution is 6.35. The van der Waals surface area contributed by atoms with E-state index < -0.39 is 0 Å². The molecule has 0 unspecified atom stereocenters. The summed E-state index contributed by atoms with van der Waals surface area (Å²) in [6, 6.07) is 11.7. The van der Waals surface area contributed by atoms with Crippen LogP contribution in [0.5, 0.6) is 0 Å². The molecule has 3 nitrogen and oxygen atoms in total. The summed E-state index contributed by atoms with van der Waals surface area (Å²) >= 11 is 6.17. The van der Waals surface area contributed by atoms with Crippen LogP contribution in [-0.2, 0) is 0 Å². The minimum absolute atomic E-state index is 0.690. The summed E-state index contributed by atoms with van der Waals surface area (Å²) in [4.78, 5) is 4.36. The number of hydrogen-bond donors (Lipinski definition) is 0. The van der Waals surface area contributed by atoms with Crippen LogP contribution in [0.25, 0.3) is 16.7 Å². The first-order valence-corrected chi connectivity index (χ1v) is 5.70. The molecule has 3 rings (SSSR count). The van der Waals surface area contributed by atoms with Crippen molar-refractivity contribution in [2.45, 2.75) is 6.92 Å². The molecule has 4 heteroatoms. The number of rotatable bonds is 1. The Kier molecular flexibility index (Phi) is 2.34. The van der Waals surface area contributed by atoms with Gasteiger partial charge in [-0.25, -0.2) is 9.67 Å². The summed E-state index contributed by atoms with van der Waals surface area (Å²) in [6.07, 6.45) is 1.70. The molecule has 84 valence electrons. The van der Waals surface area contributed by atoms with E-state index in [0.29, 0.717) is 5.02 Å². The third-order valence-corrected chi connectivity index (χ3v) is 3.01. The van der Waals surface area contributed by atoms with E-state index in [1.165, 1.54) is 0 Å². The molecule has 3 aromatic rings. The normalized spacial score (nSPS) is 10.9. The van der Waals surface area contributed by atoms with Crippen molar-refractivity contribution in [1.29, 1.82) is 0 Å². The summed E-state index contributed by atoms with van der Waals surface area (Å²) in [7, 11) is 0. The van der Waals surface area contributed by atoms with E-state index in [1.807, 2.05) is 41.9 Å². The van der Waals surface area contributed by atoms with Crippen LogP contribution in [0.3, 0.4) is 0 Å². The maximum absolute atomic E-state index is 6.17. The smallest absolute Gasteiger partial charge is 0.164 e. The molecule has 0 atom stereocenters. The number of aryl methyl sites for hydroxylation is 1. The third-order valence-electron chi connectivity index (χ3n) is 2.69. The maximum Gasteiger partial charge on any atom is 0.164 e. The lowest BCUT2D eigenvalue weighted by molar-refractivity contribution is 0.878. The molecule has 0 N–H and O–H groups in total. The van der Waals surface area contributed by atoms with Crippen LogP contribution < -0.4 is 0 Å². The highest BCUT2D eigenvalue weighted by atomic mass is 35.5. The van der Waals surface area contributed by atoms with Crippen LogP contribution in [0.15, 0.2) is 42.6 Å². The second-order valence-electron chi connectivity index (χ2n) is 3.82. The lowest BCUT2D eigenvalue weighted by Crippen LogP contribution is -1.96. The average molecular weight is 244 g/mol. The first-order chi connectivity index (χ1) is 8.27. The number of aromatic nitrogens is 3. The molecular weight excluding hydrogens is 234 g/mol. The minimum atomic E-state index is 0.690. The molecule has 0 saturated heterocycles. The van der Waals surface area contributed by atoms with Gasteiger partial charge in [-0.05, 0) is 25.1 Å². The summed E-state index contributed by atoms with van der Waals surface area (Å²) in [5, 5.41) is 6.09. The molecule has 0 fully saturated rings. The fourth-order valence-corrected chi connectivity index (χ4v) is 2.20. The van der Waals surface area contributed by atoms with Crippen LogP contribution in [0.1, 0.15) is 5.69 Å². The monoisotopic (exact) mass is 243 g/mol. The van der Waals surface area contributed by atoms with E-state index in [1.54, 1.807) is 12.3 Å². The molecule has 0 amide bonds. The van der Waals surface area contributed by atoms with Crippen LogP contribution in [-0.4, -0.2) is 14.8 Å². The Morgan fingerprint density at radius 3 is 2.65 bits per heavy atom. The predicted molar refractivity (Wildman–Crippen MR) is 68.6 cm³/mol. The molecule has 0 aliphatic rings. The molecule has 2 heterocycles. The topological polar surface area (TPSA) is 30.7 Å². The number of fused-ring (bicyclic) bond motifs is 1. The molecule has 0 aliphatic carbocycles. The second-order valence-corrected chi connectivity index (χ2v) is 4.23. The van der Waals surface area contributed by atoms with Gasteiger partial charge < -0.3 is 0 Å². The van der Waals surface area contributed by atoms with Crippen molar-refractivity contribution in [3.8, 4) is 5.69 Å². The van der Waals surface area contributed by atoms with Gasteiger partial charge in [-0.1, -0.05) is 29.8 Å². The van der Waals surface area contributed by atoms with E-state index in [9.17, 15) is 0 Å². The van der Waals surface area contributed by atoms with Gasteiger partial charge >= 0.3 is 0 Å². The lowest BCUT2D eigenvalue weighted by atomic mass is 10.3. The van der Waals surface area contributed by atoms with Gasteiger partial charge in [0.05, 0.1) is 21.8 Å². The molecule has 0 radical (unpaired) electrons. The lowest BCUT2D eigenvalue weighted by Gasteiger charge is -2.01. The number of nitrogens with zero attached hydrogens (tertiary/aromatic N) is 3. The van der Waals surface area contributed by atoms with E-state index >= 15 is 0 Å². The first kappa shape index (κ1) is 10.3. The number of hydrogen-bond acceptors (Lipinski definition) is 2. The van der Waals surface area contributed by atoms with Gasteiger partial charge in [0.25, 0.3) is 0 Å². The van der Waals surface area contributed by atoms with Crippen LogP contribution >= 0.6 is 11.6 Å². The van der Waals surface area contributed by atoms with Gasteiger partial charge in [-0.3, -0.25) is 0 Å². The molecule has 0 spiro atoms. The van der Waals surface area contributed by atoms with E-state index in [4.69, 9.17) is 11.6 Å². The number of para-hydroxylation sites is 1. The third kappa shape index (κ3) is 1.59. The van der Waals surface area contributed by atoms with Crippen LogP contribution in [0.4, 0.5) is 0 Å². The maximum atomic E-state index is 6.17. The number of halogens is 1. The molecule has 0 saturated carbocycles. The Bertz CT molecular complexity index is 674. The molecule has 17 heavy (non-hydrogen) atoms. The second kappa shape index (κ2) is 3.86. The largest absolute Gasteiger partial charge is 0.236 e. The Morgan fingerprint density at radius 1 is 1.12 bits per heavy atom. The summed E-state index contributed by atoms with van der Waals surface area (Å²) in [6.45, 7) is 1.94. The fraction of sp³-hybridized carbons (Fsp3) is 0.0769. The van der Waals surface area contributed by atoms with Crippen LogP contribution in [0, 0.1) is 6.92 Å². The minimum Gasteiger partial charge on any atom is -0.236 e. The highest BCUT2D eigenvalue weighted by Gasteiger charge is 2.12. The van der Waals surface area contributed by atoms with E-state index in [2.05, 4.69) is 10.1 Å². The molecule has 0 aliphatic heterocycles. The van der Waals surface area contributed by atoms with Crippen molar-refractivity contribution < 1.29 is 0 Å². The highest BCUT2D eigenvalue weighted by Crippen LogP contribution is 2.26. The molecular formula is C13H10ClN3. The predicted octanol–water partition coefficient (Wildman–Crippen LogP) is 3.38. The van der Waals surface area contributed by atoms with Crippen molar-refractivity contribution in [2.24, 2.45) is 0 Å². The van der Waals surface area contributed by atoms with Crippen molar-refractivity contribution in [3.05, 3.63) is 53.3 Å². The first-order valence-electron chi connectivity index (χ1n) is 5.32. The zero-order valence-corrected chi connectivity index (χ0v) is 10.0. The van der Waals surface area contributed by atoms with Gasteiger partial charge in [0.2, 0.25) is 0 Å². The van der Waals surface area contributed by atoms with Crippen molar-refractivity contribution in [2.75, 3.05) is 0 Å². The molecule has 2 aromatic heterocycles. The Labute approximate surface area is 104 Å². The van der Waals surface area contributed by atoms with E-state index in [0.717, 1.165) is 22.4 Å². The summed E-state index contributed by atoms with van der Waals surface area (Å²) < 4.78 is 1.82. The molecule has 1 aromatic carbocycles. The zero-order valence-electron chi connectivity index (χ0n) is 9.26. The number of pyridine rings is 1. The zero-order chi connectivity index (χ0) is 11.8. The van der Waals surface area contributed by atoms with E-state index in [-0.39, 0.29) is 0 Å². The van der Waals surface area contributed by atoms with Gasteiger partial charge in [0, 0.05) is 6.20 Å². The Hall–Kier alpha value is -1.87. The van der Waals surface area contributed by atoms with Gasteiger partial charge in [0.15, 0.2) is 5.65 Å². The SMILES string of the molecule is Cc1nn(-c2ccccc2)c2nccc(Cl)c12. The standard InChI is InChI=1S/C13H10ClN3/c1-9-12-11(14)7-8-15-13(12)17(16-9)10-5-3-2-4-6-10/h2-8H,1H3. The van der Waals surface area contributed by atoms with Crippen molar-refractivity contribution in [3.63, 3.8) is 0 Å². The van der Waals surface area contributed by atoms with Gasteiger partial charge in [-0.15, -0.1) is 0 Å².